The maximum atomic E-state index is 12.0. The topological polar surface area (TPSA) is 29.1 Å². The summed E-state index contributed by atoms with van der Waals surface area (Å²) in [5.41, 5.74) is 0.734. The van der Waals surface area contributed by atoms with E-state index in [1.165, 1.54) is 12.8 Å². The minimum absolute atomic E-state index is 0.0471. The van der Waals surface area contributed by atoms with Crippen LogP contribution in [0.4, 0.5) is 0 Å². The number of hydrogen-bond donors (Lipinski definition) is 1. The minimum atomic E-state index is 0.0471. The van der Waals surface area contributed by atoms with E-state index < -0.39 is 0 Å². The summed E-state index contributed by atoms with van der Waals surface area (Å²) in [5, 5.41) is 3.12. The first-order chi connectivity index (χ1) is 8.15. The van der Waals surface area contributed by atoms with E-state index in [1.807, 2.05) is 24.3 Å². The van der Waals surface area contributed by atoms with Gasteiger partial charge in [0.05, 0.1) is 0 Å². The highest BCUT2D eigenvalue weighted by atomic mass is 79.9. The second kappa shape index (κ2) is 5.67. The van der Waals surface area contributed by atoms with Crippen molar-refractivity contribution in [1.82, 2.24) is 5.32 Å². The van der Waals surface area contributed by atoms with Crippen LogP contribution in [0, 0.1) is 5.92 Å². The second-order valence-corrected chi connectivity index (χ2v) is 5.86. The van der Waals surface area contributed by atoms with E-state index in [9.17, 15) is 4.79 Å². The van der Waals surface area contributed by atoms with Gasteiger partial charge in [0.2, 0.25) is 0 Å². The van der Waals surface area contributed by atoms with Crippen molar-refractivity contribution in [3.63, 3.8) is 0 Å². The average molecular weight is 296 g/mol. The molecule has 17 heavy (non-hydrogen) atoms. The van der Waals surface area contributed by atoms with Crippen molar-refractivity contribution in [2.24, 2.45) is 5.92 Å². The summed E-state index contributed by atoms with van der Waals surface area (Å²) in [7, 11) is 0. The number of amides is 1. The zero-order valence-corrected chi connectivity index (χ0v) is 11.7. The van der Waals surface area contributed by atoms with Gasteiger partial charge < -0.3 is 5.32 Å². The molecule has 2 rings (SSSR count). The third-order valence-corrected chi connectivity index (χ3v) is 3.93. The van der Waals surface area contributed by atoms with Gasteiger partial charge in [0.15, 0.2) is 0 Å². The van der Waals surface area contributed by atoms with Crippen LogP contribution in [-0.2, 0) is 0 Å². The number of rotatable bonds is 2. The molecule has 1 saturated carbocycles. The lowest BCUT2D eigenvalue weighted by Crippen LogP contribution is -2.37. The summed E-state index contributed by atoms with van der Waals surface area (Å²) in [6.45, 7) is 2.28. The fraction of sp³-hybridized carbons (Fsp3) is 0.500. The molecule has 2 nitrogen and oxygen atoms in total. The molecule has 0 spiro atoms. The summed E-state index contributed by atoms with van der Waals surface area (Å²) in [5.74, 6) is 0.861. The van der Waals surface area contributed by atoms with Gasteiger partial charge in [-0.3, -0.25) is 4.79 Å². The van der Waals surface area contributed by atoms with E-state index >= 15 is 0 Å². The van der Waals surface area contributed by atoms with Crippen LogP contribution >= 0.6 is 15.9 Å². The van der Waals surface area contributed by atoms with Crippen LogP contribution < -0.4 is 5.32 Å². The highest BCUT2D eigenvalue weighted by Gasteiger charge is 2.20. The predicted molar refractivity (Wildman–Crippen MR) is 73.0 cm³/mol. The highest BCUT2D eigenvalue weighted by molar-refractivity contribution is 9.10. The molecular weight excluding hydrogens is 278 g/mol. The quantitative estimate of drug-likeness (QED) is 0.884. The molecular formula is C14H18BrNO. The molecule has 3 heteroatoms. The van der Waals surface area contributed by atoms with Gasteiger partial charge in [-0.05, 0) is 49.8 Å². The molecule has 0 unspecified atom stereocenters. The van der Waals surface area contributed by atoms with Crippen molar-refractivity contribution in [3.05, 3.63) is 34.3 Å². The molecule has 0 aromatic heterocycles. The van der Waals surface area contributed by atoms with Gasteiger partial charge in [0, 0.05) is 16.1 Å². The van der Waals surface area contributed by atoms with Crippen LogP contribution in [0.5, 0.6) is 0 Å². The zero-order valence-electron chi connectivity index (χ0n) is 10.1. The Morgan fingerprint density at radius 2 is 2.00 bits per heavy atom. The summed E-state index contributed by atoms with van der Waals surface area (Å²) in [6, 6.07) is 7.89. The van der Waals surface area contributed by atoms with Gasteiger partial charge in [-0.25, -0.2) is 0 Å². The number of nitrogens with one attached hydrogen (secondary N) is 1. The zero-order chi connectivity index (χ0) is 12.3. The molecule has 1 aliphatic carbocycles. The van der Waals surface area contributed by atoms with Gasteiger partial charge in [0.25, 0.3) is 5.91 Å². The predicted octanol–water partition coefficient (Wildman–Crippen LogP) is 3.76. The molecule has 1 N–H and O–H groups in total. The molecule has 0 atom stereocenters. The SMILES string of the molecule is CC1CCC(NC(=O)c2cccc(Br)c2)CC1. The van der Waals surface area contributed by atoms with Crippen molar-refractivity contribution in [3.8, 4) is 0 Å². The van der Waals surface area contributed by atoms with Gasteiger partial charge in [0.1, 0.15) is 0 Å². The largest absolute Gasteiger partial charge is 0.349 e. The number of benzene rings is 1. The molecule has 1 fully saturated rings. The van der Waals surface area contributed by atoms with Crippen molar-refractivity contribution in [2.75, 3.05) is 0 Å². The lowest BCUT2D eigenvalue weighted by molar-refractivity contribution is 0.0923. The van der Waals surface area contributed by atoms with Crippen molar-refractivity contribution < 1.29 is 4.79 Å². The Bertz CT molecular complexity index is 397. The molecule has 92 valence electrons. The van der Waals surface area contributed by atoms with E-state index in [1.54, 1.807) is 0 Å². The number of hydrogen-bond acceptors (Lipinski definition) is 1. The molecule has 0 aliphatic heterocycles. The van der Waals surface area contributed by atoms with Gasteiger partial charge in [-0.15, -0.1) is 0 Å². The van der Waals surface area contributed by atoms with Crippen molar-refractivity contribution >= 4 is 21.8 Å². The molecule has 0 saturated heterocycles. The number of halogens is 1. The maximum Gasteiger partial charge on any atom is 0.251 e. The monoisotopic (exact) mass is 295 g/mol. The highest BCUT2D eigenvalue weighted by Crippen LogP contribution is 2.23. The minimum Gasteiger partial charge on any atom is -0.349 e. The van der Waals surface area contributed by atoms with Gasteiger partial charge in [-0.1, -0.05) is 28.9 Å². The van der Waals surface area contributed by atoms with Crippen LogP contribution in [0.3, 0.4) is 0 Å². The van der Waals surface area contributed by atoms with Crippen LogP contribution in [0.25, 0.3) is 0 Å². The smallest absolute Gasteiger partial charge is 0.251 e. The van der Waals surface area contributed by atoms with Crippen molar-refractivity contribution in [1.29, 1.82) is 0 Å². The average Bonchev–Trinajstić information content (AvgIpc) is 2.32. The van der Waals surface area contributed by atoms with E-state index in [4.69, 9.17) is 0 Å². The van der Waals surface area contributed by atoms with Crippen LogP contribution in [0.2, 0.25) is 0 Å². The van der Waals surface area contributed by atoms with Gasteiger partial charge in [-0.2, -0.15) is 0 Å². The summed E-state index contributed by atoms with van der Waals surface area (Å²) in [6.07, 6.45) is 4.68. The fourth-order valence-corrected chi connectivity index (χ4v) is 2.70. The van der Waals surface area contributed by atoms with Gasteiger partial charge >= 0.3 is 0 Å². The Morgan fingerprint density at radius 1 is 1.29 bits per heavy atom. The van der Waals surface area contributed by atoms with E-state index in [0.717, 1.165) is 28.8 Å². The molecule has 1 aliphatic rings. The third-order valence-electron chi connectivity index (χ3n) is 3.44. The second-order valence-electron chi connectivity index (χ2n) is 4.94. The first-order valence-electron chi connectivity index (χ1n) is 6.21. The fourth-order valence-electron chi connectivity index (χ4n) is 2.30. The molecule has 0 bridgehead atoms. The molecule has 1 aromatic rings. The van der Waals surface area contributed by atoms with E-state index in [2.05, 4.69) is 28.2 Å². The summed E-state index contributed by atoms with van der Waals surface area (Å²) >= 11 is 3.38. The Labute approximate surface area is 111 Å². The Hall–Kier alpha value is -0.830. The third kappa shape index (κ3) is 3.56. The lowest BCUT2D eigenvalue weighted by Gasteiger charge is -2.26. The number of carbonyl (C=O) groups is 1. The van der Waals surface area contributed by atoms with Crippen LogP contribution in [-0.4, -0.2) is 11.9 Å². The molecule has 1 aromatic carbocycles. The standard InChI is InChI=1S/C14H18BrNO/c1-10-5-7-13(8-6-10)16-14(17)11-3-2-4-12(15)9-11/h2-4,9-10,13H,5-8H2,1H3,(H,16,17). The van der Waals surface area contributed by atoms with Crippen molar-refractivity contribution in [2.45, 2.75) is 38.6 Å². The number of carbonyl (C=O) groups excluding carboxylic acids is 1. The molecule has 1 amide bonds. The maximum absolute atomic E-state index is 12.0. The van der Waals surface area contributed by atoms with E-state index in [0.29, 0.717) is 6.04 Å². The van der Waals surface area contributed by atoms with Crippen LogP contribution in [0.15, 0.2) is 28.7 Å². The van der Waals surface area contributed by atoms with E-state index in [-0.39, 0.29) is 5.91 Å². The summed E-state index contributed by atoms with van der Waals surface area (Å²) < 4.78 is 0.947. The Morgan fingerprint density at radius 3 is 2.65 bits per heavy atom. The molecule has 0 radical (unpaired) electrons. The summed E-state index contributed by atoms with van der Waals surface area (Å²) in [4.78, 5) is 12.0. The first-order valence-corrected chi connectivity index (χ1v) is 7.01. The Kier molecular flexibility index (Phi) is 4.21. The first kappa shape index (κ1) is 12.6. The normalized spacial score (nSPS) is 24.4. The Balaban J connectivity index is 1.93. The molecule has 0 heterocycles. The van der Waals surface area contributed by atoms with Crippen LogP contribution in [0.1, 0.15) is 43.0 Å². The lowest BCUT2D eigenvalue weighted by atomic mass is 9.87.